The average Bonchev–Trinajstić information content (AvgIpc) is 3.12. The van der Waals surface area contributed by atoms with Crippen LogP contribution in [0.1, 0.15) is 55.4 Å². The number of fused-ring (bicyclic) bond motifs is 1. The number of hydrogen-bond acceptors (Lipinski definition) is 5. The van der Waals surface area contributed by atoms with Crippen molar-refractivity contribution >= 4 is 23.3 Å². The highest BCUT2D eigenvalue weighted by molar-refractivity contribution is 5.94. The zero-order valence-electron chi connectivity index (χ0n) is 17.7. The number of hydrogen-bond donors (Lipinski definition) is 2. The molecule has 0 saturated heterocycles. The number of halogens is 3. The summed E-state index contributed by atoms with van der Waals surface area (Å²) in [6.45, 7) is 1.53. The fourth-order valence-corrected chi connectivity index (χ4v) is 4.18. The minimum absolute atomic E-state index is 0.110. The van der Waals surface area contributed by atoms with Gasteiger partial charge in [-0.2, -0.15) is 18.2 Å². The molecule has 2 heterocycles. The molecule has 3 aromatic rings. The summed E-state index contributed by atoms with van der Waals surface area (Å²) in [6.07, 6.45) is 2.01. The molecule has 2 N–H and O–H groups in total. The van der Waals surface area contributed by atoms with Crippen molar-refractivity contribution in [3.63, 3.8) is 0 Å². The second-order valence-electron chi connectivity index (χ2n) is 8.64. The number of aromatic nitrogens is 3. The molecule has 1 saturated carbocycles. The van der Waals surface area contributed by atoms with Crippen LogP contribution in [0.2, 0.25) is 0 Å². The molecule has 0 spiro atoms. The monoisotopic (exact) mass is 446 g/mol. The predicted molar refractivity (Wildman–Crippen MR) is 116 cm³/mol. The molecule has 1 aliphatic rings. The van der Waals surface area contributed by atoms with E-state index in [0.717, 1.165) is 35.6 Å². The standard InChI is InChI=1S/C23H25F3N4O2/c1-22(32)8-6-17(7-9-22)30-13-19(16-4-2-15(14-31)3-5-16)18-12-28-21(29-20(18)30)27-11-10-23(24,25)26/h2-5,12-14,17,32H,6-11H2,1H3,(H,27,28,29)/t17-,22+. The van der Waals surface area contributed by atoms with E-state index in [1.165, 1.54) is 0 Å². The summed E-state index contributed by atoms with van der Waals surface area (Å²) in [6, 6.07) is 7.28. The van der Waals surface area contributed by atoms with E-state index in [9.17, 15) is 23.1 Å². The molecule has 0 atom stereocenters. The van der Waals surface area contributed by atoms with Crippen molar-refractivity contribution in [1.29, 1.82) is 0 Å². The molecule has 0 radical (unpaired) electrons. The molecule has 1 fully saturated rings. The molecule has 0 aliphatic heterocycles. The van der Waals surface area contributed by atoms with Gasteiger partial charge in [0.05, 0.1) is 12.0 Å². The highest BCUT2D eigenvalue weighted by atomic mass is 19.4. The zero-order chi connectivity index (χ0) is 22.9. The molecule has 170 valence electrons. The summed E-state index contributed by atoms with van der Waals surface area (Å²) in [5.74, 6) is 0.145. The van der Waals surface area contributed by atoms with Crippen LogP contribution in [0.5, 0.6) is 0 Å². The molecular weight excluding hydrogens is 421 g/mol. The minimum atomic E-state index is -4.25. The van der Waals surface area contributed by atoms with E-state index in [1.54, 1.807) is 18.3 Å². The molecule has 0 amide bonds. The first-order valence-corrected chi connectivity index (χ1v) is 10.6. The number of nitrogens with one attached hydrogen (secondary N) is 1. The van der Waals surface area contributed by atoms with Gasteiger partial charge in [-0.3, -0.25) is 4.79 Å². The number of benzene rings is 1. The first kappa shape index (κ1) is 22.3. The second-order valence-corrected chi connectivity index (χ2v) is 8.64. The summed E-state index contributed by atoms with van der Waals surface area (Å²) in [7, 11) is 0. The summed E-state index contributed by atoms with van der Waals surface area (Å²) in [5.41, 5.74) is 2.29. The fourth-order valence-electron chi connectivity index (χ4n) is 4.18. The van der Waals surface area contributed by atoms with Crippen LogP contribution in [-0.2, 0) is 0 Å². The van der Waals surface area contributed by atoms with Gasteiger partial charge in [0.15, 0.2) is 0 Å². The van der Waals surface area contributed by atoms with Crippen LogP contribution < -0.4 is 5.32 Å². The fraction of sp³-hybridized carbons (Fsp3) is 0.435. The third kappa shape index (κ3) is 4.93. The van der Waals surface area contributed by atoms with Crippen molar-refractivity contribution in [2.75, 3.05) is 11.9 Å². The predicted octanol–water partition coefficient (Wildman–Crippen LogP) is 5.14. The van der Waals surface area contributed by atoms with Crippen molar-refractivity contribution in [2.24, 2.45) is 0 Å². The first-order chi connectivity index (χ1) is 15.1. The lowest BCUT2D eigenvalue weighted by molar-refractivity contribution is -0.131. The topological polar surface area (TPSA) is 80.0 Å². The van der Waals surface area contributed by atoms with Crippen LogP contribution >= 0.6 is 0 Å². The lowest BCUT2D eigenvalue weighted by atomic mass is 9.83. The molecule has 2 aromatic heterocycles. The van der Waals surface area contributed by atoms with Gasteiger partial charge in [-0.15, -0.1) is 0 Å². The third-order valence-corrected chi connectivity index (χ3v) is 6.05. The number of nitrogens with zero attached hydrogens (tertiary/aromatic N) is 3. The molecule has 32 heavy (non-hydrogen) atoms. The Kier molecular flexibility index (Phi) is 5.94. The molecule has 0 bridgehead atoms. The number of anilines is 1. The molecule has 6 nitrogen and oxygen atoms in total. The Morgan fingerprint density at radius 3 is 2.56 bits per heavy atom. The quantitative estimate of drug-likeness (QED) is 0.513. The molecule has 9 heteroatoms. The van der Waals surface area contributed by atoms with Crippen molar-refractivity contribution in [3.05, 3.63) is 42.2 Å². The number of aliphatic hydroxyl groups is 1. The van der Waals surface area contributed by atoms with E-state index in [1.807, 2.05) is 29.8 Å². The van der Waals surface area contributed by atoms with E-state index < -0.39 is 18.2 Å². The maximum atomic E-state index is 12.5. The highest BCUT2D eigenvalue weighted by Crippen LogP contribution is 2.39. The Morgan fingerprint density at radius 1 is 1.25 bits per heavy atom. The highest BCUT2D eigenvalue weighted by Gasteiger charge is 2.31. The number of carbonyl (C=O) groups is 1. The van der Waals surface area contributed by atoms with Crippen LogP contribution in [0, 0.1) is 0 Å². The molecule has 1 aromatic carbocycles. The van der Waals surface area contributed by atoms with Gasteiger partial charge in [0.2, 0.25) is 5.95 Å². The average molecular weight is 446 g/mol. The summed E-state index contributed by atoms with van der Waals surface area (Å²) < 4.78 is 39.5. The number of alkyl halides is 3. The van der Waals surface area contributed by atoms with Crippen LogP contribution in [-0.4, -0.2) is 44.2 Å². The minimum Gasteiger partial charge on any atom is -0.390 e. The largest absolute Gasteiger partial charge is 0.390 e. The summed E-state index contributed by atoms with van der Waals surface area (Å²) in [5, 5.41) is 13.8. The van der Waals surface area contributed by atoms with E-state index in [4.69, 9.17) is 0 Å². The van der Waals surface area contributed by atoms with Crippen LogP contribution in [0.25, 0.3) is 22.2 Å². The number of rotatable bonds is 6. The van der Waals surface area contributed by atoms with Gasteiger partial charge in [0.25, 0.3) is 0 Å². The van der Waals surface area contributed by atoms with E-state index in [2.05, 4.69) is 15.3 Å². The maximum Gasteiger partial charge on any atom is 0.390 e. The molecule has 4 rings (SSSR count). The first-order valence-electron chi connectivity index (χ1n) is 10.6. The van der Waals surface area contributed by atoms with E-state index in [0.29, 0.717) is 24.1 Å². The SMILES string of the molecule is C[C@]1(O)CC[C@@H](n2cc(-c3ccc(C=O)cc3)c3cnc(NCCC(F)(F)F)nc32)CC1. The maximum absolute atomic E-state index is 12.5. The Balaban J connectivity index is 1.71. The summed E-state index contributed by atoms with van der Waals surface area (Å²) >= 11 is 0. The van der Waals surface area contributed by atoms with Gasteiger partial charge in [0.1, 0.15) is 11.9 Å². The second kappa shape index (κ2) is 8.54. The zero-order valence-corrected chi connectivity index (χ0v) is 17.7. The van der Waals surface area contributed by atoms with E-state index >= 15 is 0 Å². The Morgan fingerprint density at radius 2 is 1.94 bits per heavy atom. The van der Waals surface area contributed by atoms with Crippen LogP contribution in [0.15, 0.2) is 36.7 Å². The van der Waals surface area contributed by atoms with Crippen LogP contribution in [0.4, 0.5) is 19.1 Å². The lowest BCUT2D eigenvalue weighted by Crippen LogP contribution is -2.31. The number of aldehydes is 1. The van der Waals surface area contributed by atoms with Crippen molar-refractivity contribution < 1.29 is 23.1 Å². The summed E-state index contributed by atoms with van der Waals surface area (Å²) in [4.78, 5) is 19.8. The van der Waals surface area contributed by atoms with Gasteiger partial charge in [-0.25, -0.2) is 4.98 Å². The Hall–Kier alpha value is -2.94. The third-order valence-electron chi connectivity index (χ3n) is 6.05. The van der Waals surface area contributed by atoms with Crippen molar-refractivity contribution in [2.45, 2.75) is 56.8 Å². The smallest absolute Gasteiger partial charge is 0.390 e. The van der Waals surface area contributed by atoms with E-state index in [-0.39, 0.29) is 18.5 Å². The Labute approximate surface area is 183 Å². The molecular formula is C23H25F3N4O2. The van der Waals surface area contributed by atoms with Crippen LogP contribution in [0.3, 0.4) is 0 Å². The van der Waals surface area contributed by atoms with Crippen molar-refractivity contribution in [1.82, 2.24) is 14.5 Å². The van der Waals surface area contributed by atoms with Gasteiger partial charge in [0, 0.05) is 41.5 Å². The molecule has 1 aliphatic carbocycles. The Bertz CT molecular complexity index is 1100. The van der Waals surface area contributed by atoms with Gasteiger partial charge in [-0.1, -0.05) is 24.3 Å². The normalized spacial score (nSPS) is 21.6. The van der Waals surface area contributed by atoms with Gasteiger partial charge >= 0.3 is 6.18 Å². The molecule has 0 unspecified atom stereocenters. The number of carbonyl (C=O) groups excluding carboxylic acids is 1. The van der Waals surface area contributed by atoms with Gasteiger partial charge in [-0.05, 0) is 38.2 Å². The van der Waals surface area contributed by atoms with Crippen molar-refractivity contribution in [3.8, 4) is 11.1 Å². The lowest BCUT2D eigenvalue weighted by Gasteiger charge is -2.33. The van der Waals surface area contributed by atoms with Gasteiger partial charge < -0.3 is 15.0 Å².